The first kappa shape index (κ1) is 16.7. The molecule has 0 fully saturated rings. The number of ether oxygens (including phenoxy) is 1. The van der Waals surface area contributed by atoms with E-state index in [1.165, 1.54) is 18.2 Å². The normalized spacial score (nSPS) is 13.8. The van der Waals surface area contributed by atoms with Gasteiger partial charge in [0.1, 0.15) is 5.75 Å². The summed E-state index contributed by atoms with van der Waals surface area (Å²) in [5, 5.41) is -1.75. The average molecular weight is 347 g/mol. The summed E-state index contributed by atoms with van der Waals surface area (Å²) in [6, 6.07) is 14.4. The number of halogens is 5. The van der Waals surface area contributed by atoms with Gasteiger partial charge in [-0.05, 0) is 23.8 Å². The Morgan fingerprint density at radius 2 is 1.73 bits per heavy atom. The minimum absolute atomic E-state index is 0.172. The van der Waals surface area contributed by atoms with Crippen LogP contribution < -0.4 is 4.74 Å². The van der Waals surface area contributed by atoms with Crippen LogP contribution in [-0.2, 0) is 0 Å². The predicted molar refractivity (Wildman–Crippen MR) is 82.2 cm³/mol. The number of allylic oxidation sites excluding steroid dienone is 1. The van der Waals surface area contributed by atoms with Crippen LogP contribution in [0.5, 0.6) is 5.75 Å². The molecule has 0 spiro atoms. The molecule has 0 radical (unpaired) electrons. The lowest BCUT2D eigenvalue weighted by atomic mass is 10.0. The largest absolute Gasteiger partial charge is 0.465 e. The van der Waals surface area contributed by atoms with Crippen LogP contribution in [0.25, 0.3) is 5.57 Å². The molecule has 0 bridgehead atoms. The lowest BCUT2D eigenvalue weighted by molar-refractivity contribution is -0.119. The van der Waals surface area contributed by atoms with Crippen molar-refractivity contribution in [2.24, 2.45) is 0 Å². The minimum Gasteiger partial charge on any atom is -0.465 e. The molecule has 0 aliphatic heterocycles. The van der Waals surface area contributed by atoms with Crippen LogP contribution in [0.4, 0.5) is 13.2 Å². The summed E-state index contributed by atoms with van der Waals surface area (Å²) in [5.41, 5.74) is 0.164. The Morgan fingerprint density at radius 3 is 2.32 bits per heavy atom. The van der Waals surface area contributed by atoms with Crippen LogP contribution in [0, 0.1) is 0 Å². The van der Waals surface area contributed by atoms with E-state index < -0.39 is 11.6 Å². The van der Waals surface area contributed by atoms with Gasteiger partial charge >= 0.3 is 6.18 Å². The fourth-order valence-corrected chi connectivity index (χ4v) is 2.11. The van der Waals surface area contributed by atoms with Gasteiger partial charge in [-0.25, -0.2) is 0 Å². The lowest BCUT2D eigenvalue weighted by Gasteiger charge is -2.17. The van der Waals surface area contributed by atoms with E-state index in [2.05, 4.69) is 0 Å². The monoisotopic (exact) mass is 346 g/mol. The summed E-state index contributed by atoms with van der Waals surface area (Å²) in [6.45, 7) is 0. The second-order valence-corrected chi connectivity index (χ2v) is 5.29. The molecule has 116 valence electrons. The molecule has 1 atom stereocenters. The third-order valence-corrected chi connectivity index (χ3v) is 3.50. The van der Waals surface area contributed by atoms with Gasteiger partial charge in [0, 0.05) is 10.6 Å². The van der Waals surface area contributed by atoms with Gasteiger partial charge in [0.25, 0.3) is 0 Å². The molecule has 1 unspecified atom stereocenters. The third kappa shape index (κ3) is 4.42. The van der Waals surface area contributed by atoms with Gasteiger partial charge in [-0.15, -0.1) is 11.6 Å². The molecule has 22 heavy (non-hydrogen) atoms. The molecule has 0 saturated heterocycles. The van der Waals surface area contributed by atoms with E-state index in [9.17, 15) is 13.2 Å². The molecule has 0 saturated carbocycles. The highest BCUT2D eigenvalue weighted by atomic mass is 35.5. The van der Waals surface area contributed by atoms with E-state index in [1.54, 1.807) is 36.4 Å². The second-order valence-electron chi connectivity index (χ2n) is 4.42. The number of alkyl halides is 4. The van der Waals surface area contributed by atoms with Crippen molar-refractivity contribution in [2.45, 2.75) is 11.6 Å². The van der Waals surface area contributed by atoms with Crippen LogP contribution in [0.15, 0.2) is 60.9 Å². The molecule has 0 aliphatic rings. The minimum atomic E-state index is -4.58. The van der Waals surface area contributed by atoms with E-state index in [-0.39, 0.29) is 5.57 Å². The average Bonchev–Trinajstić information content (AvgIpc) is 2.47. The molecule has 2 rings (SSSR count). The van der Waals surface area contributed by atoms with Gasteiger partial charge in [0.05, 0.1) is 6.26 Å². The fourth-order valence-electron chi connectivity index (χ4n) is 1.75. The number of benzene rings is 2. The second kappa shape index (κ2) is 7.07. The molecule has 0 aromatic heterocycles. The van der Waals surface area contributed by atoms with Gasteiger partial charge in [-0.3, -0.25) is 0 Å². The summed E-state index contributed by atoms with van der Waals surface area (Å²) in [5.74, 6) is 0.326. The van der Waals surface area contributed by atoms with Crippen molar-refractivity contribution in [3.8, 4) is 5.75 Å². The van der Waals surface area contributed by atoms with Crippen LogP contribution in [0.1, 0.15) is 5.56 Å². The zero-order valence-electron chi connectivity index (χ0n) is 11.1. The zero-order chi connectivity index (χ0) is 16.2. The summed E-state index contributed by atoms with van der Waals surface area (Å²) >= 11 is 11.4. The van der Waals surface area contributed by atoms with Crippen molar-refractivity contribution in [1.29, 1.82) is 0 Å². The van der Waals surface area contributed by atoms with Crippen LogP contribution >= 0.6 is 23.2 Å². The fraction of sp³-hybridized carbons (Fsp3) is 0.125. The SMILES string of the molecule is FC(F)(F)C(Cl)/C(=C/Oc1cccc(Cl)c1)c1ccccc1. The topological polar surface area (TPSA) is 9.23 Å². The van der Waals surface area contributed by atoms with E-state index in [1.807, 2.05) is 0 Å². The first-order valence-electron chi connectivity index (χ1n) is 6.26. The molecule has 2 aromatic rings. The maximum atomic E-state index is 12.9. The number of hydrogen-bond acceptors (Lipinski definition) is 1. The predicted octanol–water partition coefficient (Wildman–Crippen LogP) is 5.93. The Kier molecular flexibility index (Phi) is 5.37. The van der Waals surface area contributed by atoms with Crippen molar-refractivity contribution in [3.63, 3.8) is 0 Å². The summed E-state index contributed by atoms with van der Waals surface area (Å²) < 4.78 is 44.1. The van der Waals surface area contributed by atoms with E-state index in [4.69, 9.17) is 27.9 Å². The van der Waals surface area contributed by atoms with Gasteiger partial charge < -0.3 is 4.74 Å². The van der Waals surface area contributed by atoms with Gasteiger partial charge in [-0.1, -0.05) is 48.0 Å². The maximum Gasteiger partial charge on any atom is 0.409 e. The standard InChI is InChI=1S/C16H11Cl2F3O/c17-12-7-4-8-13(9-12)22-10-14(15(18)16(19,20)21)11-5-2-1-3-6-11/h1-10,15H/b14-10+. The molecule has 0 amide bonds. The molecular formula is C16H11Cl2F3O. The van der Waals surface area contributed by atoms with Crippen molar-refractivity contribution < 1.29 is 17.9 Å². The molecule has 0 N–H and O–H groups in total. The quantitative estimate of drug-likeness (QED) is 0.492. The highest BCUT2D eigenvalue weighted by Gasteiger charge is 2.41. The van der Waals surface area contributed by atoms with Crippen molar-refractivity contribution in [1.82, 2.24) is 0 Å². The van der Waals surface area contributed by atoms with Gasteiger partial charge in [0.2, 0.25) is 0 Å². The molecule has 2 aromatic carbocycles. The molecular weight excluding hydrogens is 336 g/mol. The first-order valence-corrected chi connectivity index (χ1v) is 7.08. The summed E-state index contributed by atoms with van der Waals surface area (Å²) in [4.78, 5) is 0. The molecule has 1 nitrogen and oxygen atoms in total. The smallest absolute Gasteiger partial charge is 0.409 e. The van der Waals surface area contributed by atoms with E-state index in [0.717, 1.165) is 6.26 Å². The van der Waals surface area contributed by atoms with Crippen LogP contribution in [0.2, 0.25) is 5.02 Å². The van der Waals surface area contributed by atoms with Crippen LogP contribution in [0.3, 0.4) is 0 Å². The van der Waals surface area contributed by atoms with Crippen molar-refractivity contribution in [3.05, 3.63) is 71.4 Å². The highest BCUT2D eigenvalue weighted by molar-refractivity contribution is 6.30. The number of hydrogen-bond donors (Lipinski definition) is 0. The summed E-state index contributed by atoms with van der Waals surface area (Å²) in [7, 11) is 0. The summed E-state index contributed by atoms with van der Waals surface area (Å²) in [6.07, 6.45) is -3.58. The van der Waals surface area contributed by atoms with Gasteiger partial charge in [0.15, 0.2) is 5.38 Å². The van der Waals surface area contributed by atoms with Crippen LogP contribution in [-0.4, -0.2) is 11.6 Å². The van der Waals surface area contributed by atoms with Gasteiger partial charge in [-0.2, -0.15) is 13.2 Å². The lowest BCUT2D eigenvalue weighted by Crippen LogP contribution is -2.25. The Labute approximate surface area is 135 Å². The third-order valence-electron chi connectivity index (χ3n) is 2.79. The Hall–Kier alpha value is -1.65. The highest BCUT2D eigenvalue weighted by Crippen LogP contribution is 2.35. The Balaban J connectivity index is 2.34. The Morgan fingerprint density at radius 1 is 1.05 bits per heavy atom. The maximum absolute atomic E-state index is 12.9. The molecule has 6 heteroatoms. The zero-order valence-corrected chi connectivity index (χ0v) is 12.7. The number of rotatable bonds is 4. The van der Waals surface area contributed by atoms with Crippen molar-refractivity contribution >= 4 is 28.8 Å². The van der Waals surface area contributed by atoms with E-state index >= 15 is 0 Å². The first-order chi connectivity index (χ1) is 10.4. The van der Waals surface area contributed by atoms with E-state index in [0.29, 0.717) is 16.3 Å². The molecule has 0 heterocycles. The van der Waals surface area contributed by atoms with Crippen molar-refractivity contribution in [2.75, 3.05) is 0 Å². The molecule has 0 aliphatic carbocycles. The Bertz CT molecular complexity index is 654.